The molecule has 0 aliphatic rings. The highest BCUT2D eigenvalue weighted by molar-refractivity contribution is 6.31. The van der Waals surface area contributed by atoms with Crippen LogP contribution in [-0.4, -0.2) is 15.0 Å². The molecule has 0 fully saturated rings. The molecule has 6 nitrogen and oxygen atoms in total. The number of rotatable bonds is 7. The van der Waals surface area contributed by atoms with Gasteiger partial charge in [0, 0.05) is 24.5 Å². The number of nitrogens with zero attached hydrogens (tertiary/aromatic N) is 2. The van der Waals surface area contributed by atoms with Gasteiger partial charge < -0.3 is 9.88 Å². The molecular formula is C26H24ClN3O3. The van der Waals surface area contributed by atoms with Gasteiger partial charge >= 0.3 is 11.1 Å². The van der Waals surface area contributed by atoms with Gasteiger partial charge in [-0.3, -0.25) is 19.0 Å². The van der Waals surface area contributed by atoms with Crippen LogP contribution in [0.5, 0.6) is 0 Å². The zero-order valence-corrected chi connectivity index (χ0v) is 19.0. The van der Waals surface area contributed by atoms with Gasteiger partial charge in [0.25, 0.3) is 0 Å². The summed E-state index contributed by atoms with van der Waals surface area (Å²) in [6.45, 7) is 2.70. The summed E-state index contributed by atoms with van der Waals surface area (Å²) in [7, 11) is 0. The van der Waals surface area contributed by atoms with Crippen molar-refractivity contribution in [3.63, 3.8) is 0 Å². The molecule has 0 radical (unpaired) electrons. The van der Waals surface area contributed by atoms with E-state index in [1.807, 2.05) is 67.6 Å². The third-order valence-electron chi connectivity index (χ3n) is 5.59. The Balaban J connectivity index is 1.57. The predicted molar refractivity (Wildman–Crippen MR) is 131 cm³/mol. The molecule has 3 aromatic carbocycles. The molecule has 7 heteroatoms. The molecule has 1 aromatic heterocycles. The molecular weight excluding hydrogens is 438 g/mol. The van der Waals surface area contributed by atoms with Crippen molar-refractivity contribution >= 4 is 28.5 Å². The number of para-hydroxylation sites is 2. The molecule has 33 heavy (non-hydrogen) atoms. The van der Waals surface area contributed by atoms with Crippen molar-refractivity contribution < 1.29 is 4.79 Å². The maximum Gasteiger partial charge on any atom is 0.317 e. The lowest BCUT2D eigenvalue weighted by atomic mass is 10.1. The summed E-state index contributed by atoms with van der Waals surface area (Å²) in [4.78, 5) is 38.4. The smallest absolute Gasteiger partial charge is 0.317 e. The quantitative estimate of drug-likeness (QED) is 0.424. The Hall–Kier alpha value is -3.64. The number of amides is 1. The van der Waals surface area contributed by atoms with Crippen LogP contribution in [-0.2, 0) is 24.4 Å². The van der Waals surface area contributed by atoms with Crippen LogP contribution in [0.4, 0.5) is 0 Å². The maximum absolute atomic E-state index is 13.0. The van der Waals surface area contributed by atoms with Gasteiger partial charge in [0.1, 0.15) is 0 Å². The second kappa shape index (κ2) is 9.88. The van der Waals surface area contributed by atoms with Crippen LogP contribution in [0.1, 0.15) is 23.1 Å². The molecule has 0 spiro atoms. The van der Waals surface area contributed by atoms with Crippen LogP contribution in [0.15, 0.2) is 82.4 Å². The highest BCUT2D eigenvalue weighted by Gasteiger charge is 2.14. The highest BCUT2D eigenvalue weighted by atomic mass is 35.5. The lowest BCUT2D eigenvalue weighted by molar-refractivity contribution is -0.121. The monoisotopic (exact) mass is 461 g/mol. The van der Waals surface area contributed by atoms with Gasteiger partial charge in [0.05, 0.1) is 17.6 Å². The minimum Gasteiger partial charge on any atom is -0.352 e. The van der Waals surface area contributed by atoms with Crippen molar-refractivity contribution in [1.29, 1.82) is 0 Å². The zero-order valence-electron chi connectivity index (χ0n) is 18.3. The summed E-state index contributed by atoms with van der Waals surface area (Å²) in [5.41, 5.74) is 2.90. The van der Waals surface area contributed by atoms with Crippen LogP contribution < -0.4 is 16.4 Å². The number of hydrogen-bond acceptors (Lipinski definition) is 3. The summed E-state index contributed by atoms with van der Waals surface area (Å²) in [5, 5.41) is 3.40. The van der Waals surface area contributed by atoms with Gasteiger partial charge in [-0.1, -0.05) is 71.8 Å². The Labute approximate surface area is 196 Å². The first-order chi connectivity index (χ1) is 15.9. The van der Waals surface area contributed by atoms with Crippen molar-refractivity contribution in [1.82, 2.24) is 14.5 Å². The molecule has 1 heterocycles. The van der Waals surface area contributed by atoms with E-state index in [1.54, 1.807) is 12.1 Å². The fourth-order valence-electron chi connectivity index (χ4n) is 3.76. The summed E-state index contributed by atoms with van der Waals surface area (Å²) in [6.07, 6.45) is 0.0652. The van der Waals surface area contributed by atoms with E-state index in [-0.39, 0.29) is 18.9 Å². The van der Waals surface area contributed by atoms with E-state index in [0.29, 0.717) is 29.1 Å². The average molecular weight is 462 g/mol. The predicted octanol–water partition coefficient (Wildman–Crippen LogP) is 3.88. The number of nitrogens with one attached hydrogen (secondary N) is 1. The molecule has 4 rings (SSSR count). The number of aromatic nitrogens is 2. The number of halogens is 1. The number of benzene rings is 3. The first-order valence-corrected chi connectivity index (χ1v) is 11.1. The van der Waals surface area contributed by atoms with Crippen molar-refractivity contribution in [3.8, 4) is 0 Å². The number of hydrogen-bond donors (Lipinski definition) is 1. The standard InChI is InChI=1S/C26H24ClN3O3/c1-18-10-12-19(13-11-18)17-30-23-9-5-4-8-22(23)29(25(32)26(30)33)15-14-24(31)28-16-20-6-2-3-7-21(20)27/h2-13H,14-17H2,1H3,(H,28,31). The summed E-state index contributed by atoms with van der Waals surface area (Å²) in [6, 6.07) is 22.4. The van der Waals surface area contributed by atoms with Crippen LogP contribution in [0, 0.1) is 6.92 Å². The van der Waals surface area contributed by atoms with Crippen LogP contribution in [0.3, 0.4) is 0 Å². The number of aryl methyl sites for hydroxylation is 2. The van der Waals surface area contributed by atoms with Gasteiger partial charge in [-0.15, -0.1) is 0 Å². The fourth-order valence-corrected chi connectivity index (χ4v) is 3.97. The third-order valence-corrected chi connectivity index (χ3v) is 5.96. The molecule has 0 unspecified atom stereocenters. The second-order valence-corrected chi connectivity index (χ2v) is 8.35. The number of fused-ring (bicyclic) bond motifs is 1. The van der Waals surface area contributed by atoms with Gasteiger partial charge in [0.2, 0.25) is 5.91 Å². The highest BCUT2D eigenvalue weighted by Crippen LogP contribution is 2.15. The van der Waals surface area contributed by atoms with Gasteiger partial charge in [-0.25, -0.2) is 0 Å². The third kappa shape index (κ3) is 5.07. The van der Waals surface area contributed by atoms with E-state index in [0.717, 1.165) is 16.7 Å². The van der Waals surface area contributed by atoms with Crippen molar-refractivity contribution in [2.24, 2.45) is 0 Å². The van der Waals surface area contributed by atoms with Gasteiger partial charge in [-0.05, 0) is 36.2 Å². The van der Waals surface area contributed by atoms with E-state index in [4.69, 9.17) is 11.6 Å². The molecule has 0 saturated heterocycles. The Morgan fingerprint density at radius 1 is 0.848 bits per heavy atom. The fraction of sp³-hybridized carbons (Fsp3) is 0.192. The molecule has 0 aliphatic carbocycles. The van der Waals surface area contributed by atoms with Crippen LogP contribution in [0.25, 0.3) is 11.0 Å². The van der Waals surface area contributed by atoms with Crippen molar-refractivity contribution in [2.75, 3.05) is 0 Å². The Bertz CT molecular complexity index is 1420. The largest absolute Gasteiger partial charge is 0.352 e. The Kier molecular flexibility index (Phi) is 6.75. The maximum atomic E-state index is 13.0. The van der Waals surface area contributed by atoms with E-state index < -0.39 is 11.1 Å². The Morgan fingerprint density at radius 2 is 1.45 bits per heavy atom. The molecule has 1 amide bonds. The van der Waals surface area contributed by atoms with E-state index >= 15 is 0 Å². The van der Waals surface area contributed by atoms with Crippen molar-refractivity contribution in [2.45, 2.75) is 33.0 Å². The molecule has 0 saturated carbocycles. The van der Waals surface area contributed by atoms with Gasteiger partial charge in [-0.2, -0.15) is 0 Å². The molecule has 0 aliphatic heterocycles. The average Bonchev–Trinajstić information content (AvgIpc) is 2.82. The normalized spacial score (nSPS) is 11.0. The lowest BCUT2D eigenvalue weighted by Crippen LogP contribution is -2.42. The van der Waals surface area contributed by atoms with Crippen molar-refractivity contribution in [3.05, 3.63) is 115 Å². The molecule has 4 aromatic rings. The van der Waals surface area contributed by atoms with E-state index in [2.05, 4.69) is 5.32 Å². The summed E-state index contributed by atoms with van der Waals surface area (Å²) in [5.74, 6) is -0.227. The van der Waals surface area contributed by atoms with E-state index in [1.165, 1.54) is 9.13 Å². The molecule has 0 bridgehead atoms. The zero-order chi connectivity index (χ0) is 23.4. The second-order valence-electron chi connectivity index (χ2n) is 7.94. The minimum absolute atomic E-state index is 0.0652. The van der Waals surface area contributed by atoms with E-state index in [9.17, 15) is 14.4 Å². The molecule has 0 atom stereocenters. The SMILES string of the molecule is Cc1ccc(Cn2c(=O)c(=O)n(CCC(=O)NCc3ccccc3Cl)c3ccccc32)cc1. The summed E-state index contributed by atoms with van der Waals surface area (Å²) >= 11 is 6.13. The Morgan fingerprint density at radius 3 is 2.15 bits per heavy atom. The van der Waals surface area contributed by atoms with Crippen LogP contribution >= 0.6 is 11.6 Å². The summed E-state index contributed by atoms with van der Waals surface area (Å²) < 4.78 is 2.88. The molecule has 1 N–H and O–H groups in total. The molecule has 168 valence electrons. The van der Waals surface area contributed by atoms with Crippen LogP contribution in [0.2, 0.25) is 5.02 Å². The topological polar surface area (TPSA) is 73.1 Å². The first kappa shape index (κ1) is 22.6. The van der Waals surface area contributed by atoms with Gasteiger partial charge in [0.15, 0.2) is 0 Å². The first-order valence-electron chi connectivity index (χ1n) is 10.7. The number of carbonyl (C=O) groups excluding carboxylic acids is 1. The number of carbonyl (C=O) groups is 1. The minimum atomic E-state index is -0.639. The lowest BCUT2D eigenvalue weighted by Gasteiger charge is -2.15.